The van der Waals surface area contributed by atoms with Gasteiger partial charge in [-0.3, -0.25) is 10.0 Å². The fourth-order valence-electron chi connectivity index (χ4n) is 3.41. The standard InChI is InChI=1S/C17H18N4O2/c1-19-10-9-18-16(19)11-20-13-6-3-2-5-12(13)17(22)21(23)15-8-4-7-14(15)20/h2-7,9-10,14-15,23H,8,11H2,1H3/t14-,15+/m1/s1. The minimum atomic E-state index is -0.346. The topological polar surface area (TPSA) is 61.6 Å². The van der Waals surface area contributed by atoms with E-state index in [1.165, 1.54) is 0 Å². The van der Waals surface area contributed by atoms with E-state index in [0.29, 0.717) is 18.5 Å². The molecule has 118 valence electrons. The second kappa shape index (κ2) is 5.24. The number of carbonyl (C=O) groups is 1. The Hall–Kier alpha value is -2.60. The first-order valence-corrected chi connectivity index (χ1v) is 7.68. The summed E-state index contributed by atoms with van der Waals surface area (Å²) in [7, 11) is 1.96. The summed E-state index contributed by atoms with van der Waals surface area (Å²) in [5, 5.41) is 11.3. The number of para-hydroxylation sites is 1. The Balaban J connectivity index is 1.83. The second-order valence-electron chi connectivity index (χ2n) is 5.97. The average Bonchev–Trinajstić information content (AvgIpc) is 3.18. The largest absolute Gasteiger partial charge is 0.355 e. The Labute approximate surface area is 134 Å². The average molecular weight is 310 g/mol. The van der Waals surface area contributed by atoms with E-state index in [2.05, 4.69) is 16.0 Å². The molecule has 0 fully saturated rings. The zero-order chi connectivity index (χ0) is 16.0. The van der Waals surface area contributed by atoms with E-state index >= 15 is 0 Å². The summed E-state index contributed by atoms with van der Waals surface area (Å²) in [6.45, 7) is 0.577. The molecular formula is C17H18N4O2. The fourth-order valence-corrected chi connectivity index (χ4v) is 3.41. The lowest BCUT2D eigenvalue weighted by atomic mass is 10.1. The van der Waals surface area contributed by atoms with Crippen LogP contribution in [0.1, 0.15) is 22.6 Å². The van der Waals surface area contributed by atoms with Gasteiger partial charge >= 0.3 is 0 Å². The third-order valence-corrected chi connectivity index (χ3v) is 4.66. The number of amides is 1. The molecule has 2 atom stereocenters. The summed E-state index contributed by atoms with van der Waals surface area (Å²) < 4.78 is 1.97. The van der Waals surface area contributed by atoms with Crippen molar-refractivity contribution in [3.8, 4) is 0 Å². The van der Waals surface area contributed by atoms with Gasteiger partial charge in [-0.25, -0.2) is 10.0 Å². The van der Waals surface area contributed by atoms with Crippen molar-refractivity contribution in [2.24, 2.45) is 7.05 Å². The first-order chi connectivity index (χ1) is 11.2. The van der Waals surface area contributed by atoms with Crippen molar-refractivity contribution < 1.29 is 10.0 Å². The van der Waals surface area contributed by atoms with E-state index in [-0.39, 0.29) is 18.0 Å². The number of aryl methyl sites for hydroxylation is 1. The molecule has 4 rings (SSSR count). The molecular weight excluding hydrogens is 292 g/mol. The summed E-state index contributed by atoms with van der Waals surface area (Å²) in [6, 6.07) is 7.09. The number of rotatable bonds is 2. The second-order valence-corrected chi connectivity index (χ2v) is 5.97. The minimum Gasteiger partial charge on any atom is -0.355 e. The molecule has 1 amide bonds. The number of fused-ring (bicyclic) bond motifs is 2. The molecule has 0 spiro atoms. The zero-order valence-electron chi connectivity index (χ0n) is 12.8. The van der Waals surface area contributed by atoms with Crippen LogP contribution < -0.4 is 4.90 Å². The number of hydroxylamine groups is 2. The third-order valence-electron chi connectivity index (χ3n) is 4.66. The van der Waals surface area contributed by atoms with Gasteiger partial charge in [0.15, 0.2) is 0 Å². The van der Waals surface area contributed by atoms with Crippen LogP contribution in [0.15, 0.2) is 48.8 Å². The highest BCUT2D eigenvalue weighted by Gasteiger charge is 2.40. The number of hydrogen-bond acceptors (Lipinski definition) is 4. The van der Waals surface area contributed by atoms with Gasteiger partial charge in [0.25, 0.3) is 5.91 Å². The first-order valence-electron chi connectivity index (χ1n) is 7.68. The van der Waals surface area contributed by atoms with E-state index in [9.17, 15) is 10.0 Å². The van der Waals surface area contributed by atoms with Gasteiger partial charge in [-0.2, -0.15) is 0 Å². The lowest BCUT2D eigenvalue weighted by molar-refractivity contribution is -0.0876. The lowest BCUT2D eigenvalue weighted by Gasteiger charge is -2.33. The zero-order valence-corrected chi connectivity index (χ0v) is 12.8. The van der Waals surface area contributed by atoms with Gasteiger partial charge in [-0.1, -0.05) is 24.3 Å². The molecule has 0 unspecified atom stereocenters. The molecule has 2 heterocycles. The number of benzene rings is 1. The Morgan fingerprint density at radius 2 is 2.17 bits per heavy atom. The Bertz CT molecular complexity index is 782. The van der Waals surface area contributed by atoms with Crippen molar-refractivity contribution in [1.82, 2.24) is 14.6 Å². The highest BCUT2D eigenvalue weighted by atomic mass is 16.5. The van der Waals surface area contributed by atoms with Gasteiger partial charge in [0.05, 0.1) is 29.9 Å². The highest BCUT2D eigenvalue weighted by molar-refractivity contribution is 6.00. The van der Waals surface area contributed by atoms with E-state index in [1.807, 2.05) is 42.1 Å². The van der Waals surface area contributed by atoms with Crippen molar-refractivity contribution in [3.05, 3.63) is 60.2 Å². The molecule has 1 aliphatic heterocycles. The van der Waals surface area contributed by atoms with Crippen molar-refractivity contribution in [3.63, 3.8) is 0 Å². The molecule has 6 nitrogen and oxygen atoms in total. The van der Waals surface area contributed by atoms with Crippen molar-refractivity contribution in [2.75, 3.05) is 4.90 Å². The predicted octanol–water partition coefficient (Wildman–Crippen LogP) is 1.97. The monoisotopic (exact) mass is 310 g/mol. The van der Waals surface area contributed by atoms with Crippen LogP contribution in [0.2, 0.25) is 0 Å². The van der Waals surface area contributed by atoms with Crippen LogP contribution in [0, 0.1) is 0 Å². The molecule has 1 aromatic carbocycles. The summed E-state index contributed by atoms with van der Waals surface area (Å²) >= 11 is 0. The maximum Gasteiger partial charge on any atom is 0.279 e. The smallest absolute Gasteiger partial charge is 0.279 e. The van der Waals surface area contributed by atoms with Crippen LogP contribution in [-0.2, 0) is 13.6 Å². The molecule has 23 heavy (non-hydrogen) atoms. The van der Waals surface area contributed by atoms with Crippen LogP contribution in [0.5, 0.6) is 0 Å². The van der Waals surface area contributed by atoms with Crippen molar-refractivity contribution >= 4 is 11.6 Å². The van der Waals surface area contributed by atoms with Gasteiger partial charge in [0, 0.05) is 19.4 Å². The van der Waals surface area contributed by atoms with Crippen LogP contribution in [-0.4, -0.2) is 37.8 Å². The third kappa shape index (κ3) is 2.14. The molecule has 0 radical (unpaired) electrons. The molecule has 2 aromatic rings. The quantitative estimate of drug-likeness (QED) is 0.680. The van der Waals surface area contributed by atoms with Crippen LogP contribution in [0.3, 0.4) is 0 Å². The summed E-state index contributed by atoms with van der Waals surface area (Å²) in [5.74, 6) is 0.569. The number of aromatic nitrogens is 2. The van der Waals surface area contributed by atoms with Gasteiger partial charge in [-0.15, -0.1) is 0 Å². The normalized spacial score (nSPS) is 23.0. The molecule has 1 N–H and O–H groups in total. The number of nitrogens with zero attached hydrogens (tertiary/aromatic N) is 4. The molecule has 0 bridgehead atoms. The maximum absolute atomic E-state index is 12.6. The number of hydrogen-bond donors (Lipinski definition) is 1. The lowest BCUT2D eigenvalue weighted by Crippen LogP contribution is -2.47. The molecule has 1 aromatic heterocycles. The predicted molar refractivity (Wildman–Crippen MR) is 85.1 cm³/mol. The van der Waals surface area contributed by atoms with Gasteiger partial charge in [0.1, 0.15) is 5.82 Å². The summed E-state index contributed by atoms with van der Waals surface area (Å²) in [5.41, 5.74) is 1.35. The van der Waals surface area contributed by atoms with E-state index in [4.69, 9.17) is 0 Å². The molecule has 6 heteroatoms. The summed E-state index contributed by atoms with van der Waals surface area (Å²) in [4.78, 5) is 19.1. The van der Waals surface area contributed by atoms with E-state index in [1.54, 1.807) is 12.3 Å². The van der Waals surface area contributed by atoms with Crippen molar-refractivity contribution in [2.45, 2.75) is 25.0 Å². The molecule has 1 aliphatic carbocycles. The highest BCUT2D eigenvalue weighted by Crippen LogP contribution is 2.35. The molecule has 2 aliphatic rings. The van der Waals surface area contributed by atoms with Crippen molar-refractivity contribution in [1.29, 1.82) is 0 Å². The summed E-state index contributed by atoms with van der Waals surface area (Å²) in [6.07, 6.45) is 8.41. The number of carbonyl (C=O) groups excluding carboxylic acids is 1. The molecule has 0 saturated carbocycles. The van der Waals surface area contributed by atoms with Gasteiger partial charge in [0.2, 0.25) is 0 Å². The van der Waals surface area contributed by atoms with Crippen LogP contribution >= 0.6 is 0 Å². The molecule has 0 saturated heterocycles. The van der Waals surface area contributed by atoms with Crippen LogP contribution in [0.4, 0.5) is 5.69 Å². The van der Waals surface area contributed by atoms with E-state index in [0.717, 1.165) is 16.6 Å². The maximum atomic E-state index is 12.6. The van der Waals surface area contributed by atoms with Gasteiger partial charge < -0.3 is 9.47 Å². The fraction of sp³-hybridized carbons (Fsp3) is 0.294. The minimum absolute atomic E-state index is 0.0655. The number of imidazole rings is 1. The Morgan fingerprint density at radius 1 is 1.35 bits per heavy atom. The number of anilines is 1. The Morgan fingerprint density at radius 3 is 2.96 bits per heavy atom. The Kier molecular flexibility index (Phi) is 3.20. The van der Waals surface area contributed by atoms with Crippen LogP contribution in [0.25, 0.3) is 0 Å². The first kappa shape index (κ1) is 14.0. The SMILES string of the molecule is Cn1ccnc1CN1c2ccccc2C(=O)N(O)[C@H]2CC=C[C@H]21. The van der Waals surface area contributed by atoms with Gasteiger partial charge in [-0.05, 0) is 18.6 Å². The van der Waals surface area contributed by atoms with E-state index < -0.39 is 0 Å².